The molecular formula is C22H29N3O4. The van der Waals surface area contributed by atoms with Crippen molar-refractivity contribution in [3.05, 3.63) is 48.2 Å². The number of amides is 1. The molecule has 7 heteroatoms. The maximum Gasteiger partial charge on any atom is 0.418 e. The van der Waals surface area contributed by atoms with E-state index < -0.39 is 11.7 Å². The van der Waals surface area contributed by atoms with Crippen molar-refractivity contribution in [2.45, 2.75) is 46.1 Å². The third kappa shape index (κ3) is 7.43. The van der Waals surface area contributed by atoms with Crippen LogP contribution in [0.25, 0.3) is 0 Å². The standard InChI is InChI=1S/C18H17N3O4.2C2H6/c1-23-12-18(7-8-18)25-15-9-16(20-11-13(15)10-19)21-17(22)24-14-5-3-2-4-6-14;2*1-2/h2-6,9,11H,7-8,12H2,1H3,(H,20,21,22);2*1-2H3. The van der Waals surface area contributed by atoms with E-state index in [0.717, 1.165) is 12.8 Å². The second kappa shape index (κ2) is 12.4. The van der Waals surface area contributed by atoms with Gasteiger partial charge in [-0.25, -0.2) is 9.78 Å². The van der Waals surface area contributed by atoms with Crippen LogP contribution in [0.15, 0.2) is 42.6 Å². The molecule has 0 unspecified atom stereocenters. The van der Waals surface area contributed by atoms with Crippen LogP contribution in [0.4, 0.5) is 10.6 Å². The van der Waals surface area contributed by atoms with Crippen molar-refractivity contribution < 1.29 is 19.0 Å². The van der Waals surface area contributed by atoms with E-state index in [1.807, 2.05) is 39.8 Å². The Balaban J connectivity index is 0.000000989. The summed E-state index contributed by atoms with van der Waals surface area (Å²) >= 11 is 0. The van der Waals surface area contributed by atoms with Gasteiger partial charge in [0.15, 0.2) is 0 Å². The molecule has 0 spiro atoms. The second-order valence-corrected chi connectivity index (χ2v) is 5.72. The van der Waals surface area contributed by atoms with Gasteiger partial charge in [0.25, 0.3) is 0 Å². The first-order valence-electron chi connectivity index (χ1n) is 9.76. The molecule has 1 aromatic heterocycles. The van der Waals surface area contributed by atoms with E-state index in [1.165, 1.54) is 12.3 Å². The Kier molecular flexibility index (Phi) is 10.2. The number of para-hydroxylation sites is 1. The van der Waals surface area contributed by atoms with Crippen LogP contribution < -0.4 is 14.8 Å². The number of ether oxygens (including phenoxy) is 3. The monoisotopic (exact) mass is 399 g/mol. The van der Waals surface area contributed by atoms with Crippen LogP contribution in [0.1, 0.15) is 46.1 Å². The van der Waals surface area contributed by atoms with Crippen LogP contribution in [0.2, 0.25) is 0 Å². The summed E-state index contributed by atoms with van der Waals surface area (Å²) in [4.78, 5) is 16.0. The van der Waals surface area contributed by atoms with Crippen molar-refractivity contribution in [1.82, 2.24) is 4.98 Å². The fraction of sp³-hybridized carbons (Fsp3) is 0.409. The molecule has 1 aromatic carbocycles. The zero-order valence-corrected chi connectivity index (χ0v) is 17.7. The molecule has 0 saturated heterocycles. The quantitative estimate of drug-likeness (QED) is 0.720. The summed E-state index contributed by atoms with van der Waals surface area (Å²) in [7, 11) is 1.60. The van der Waals surface area contributed by atoms with Gasteiger partial charge in [-0.2, -0.15) is 5.26 Å². The molecule has 1 heterocycles. The summed E-state index contributed by atoms with van der Waals surface area (Å²) < 4.78 is 16.2. The molecule has 0 bridgehead atoms. The molecule has 0 radical (unpaired) electrons. The number of pyridine rings is 1. The Morgan fingerprint density at radius 2 is 1.86 bits per heavy atom. The zero-order valence-electron chi connectivity index (χ0n) is 17.7. The van der Waals surface area contributed by atoms with Gasteiger partial charge in [-0.1, -0.05) is 45.9 Å². The maximum atomic E-state index is 11.9. The molecule has 1 N–H and O–H groups in total. The van der Waals surface area contributed by atoms with Gasteiger partial charge in [0, 0.05) is 13.2 Å². The lowest BCUT2D eigenvalue weighted by molar-refractivity contribution is 0.0637. The van der Waals surface area contributed by atoms with Gasteiger partial charge in [0.1, 0.15) is 34.6 Å². The van der Waals surface area contributed by atoms with Gasteiger partial charge in [-0.3, -0.25) is 5.32 Å². The molecule has 1 amide bonds. The number of nitrogens with zero attached hydrogens (tertiary/aromatic N) is 2. The van der Waals surface area contributed by atoms with Crippen molar-refractivity contribution >= 4 is 11.9 Å². The lowest BCUT2D eigenvalue weighted by atomic mass is 10.2. The van der Waals surface area contributed by atoms with Crippen molar-refractivity contribution in [2.24, 2.45) is 0 Å². The first-order chi connectivity index (χ1) is 14.1. The topological polar surface area (TPSA) is 93.5 Å². The van der Waals surface area contributed by atoms with E-state index in [-0.39, 0.29) is 5.82 Å². The van der Waals surface area contributed by atoms with Gasteiger partial charge >= 0.3 is 6.09 Å². The van der Waals surface area contributed by atoms with Gasteiger partial charge in [0.2, 0.25) is 0 Å². The van der Waals surface area contributed by atoms with Crippen LogP contribution in [-0.4, -0.2) is 30.4 Å². The summed E-state index contributed by atoms with van der Waals surface area (Å²) in [6.45, 7) is 8.44. The summed E-state index contributed by atoms with van der Waals surface area (Å²) in [5.41, 5.74) is -0.104. The number of hydrogen-bond acceptors (Lipinski definition) is 6. The Labute approximate surface area is 172 Å². The number of carbonyl (C=O) groups is 1. The van der Waals surface area contributed by atoms with Gasteiger partial charge in [-0.05, 0) is 25.0 Å². The highest BCUT2D eigenvalue weighted by molar-refractivity contribution is 5.85. The molecule has 29 heavy (non-hydrogen) atoms. The molecule has 1 fully saturated rings. The average molecular weight is 399 g/mol. The largest absolute Gasteiger partial charge is 0.483 e. The van der Waals surface area contributed by atoms with E-state index in [9.17, 15) is 10.1 Å². The molecule has 0 aliphatic heterocycles. The van der Waals surface area contributed by atoms with Crippen molar-refractivity contribution in [2.75, 3.05) is 19.0 Å². The van der Waals surface area contributed by atoms with Crippen molar-refractivity contribution in [3.63, 3.8) is 0 Å². The molecule has 1 aliphatic rings. The minimum absolute atomic E-state index is 0.239. The van der Waals surface area contributed by atoms with E-state index in [1.54, 1.807) is 31.4 Å². The Morgan fingerprint density at radius 3 is 2.41 bits per heavy atom. The summed E-state index contributed by atoms with van der Waals surface area (Å²) in [6, 6.07) is 12.2. The number of benzene rings is 1. The second-order valence-electron chi connectivity index (χ2n) is 5.72. The Morgan fingerprint density at radius 1 is 1.21 bits per heavy atom. The Bertz CT molecular complexity index is 799. The lowest BCUT2D eigenvalue weighted by Gasteiger charge is -2.18. The normalized spacial score (nSPS) is 12.7. The molecule has 7 nitrogen and oxygen atoms in total. The third-order valence-electron chi connectivity index (χ3n) is 3.71. The van der Waals surface area contributed by atoms with Gasteiger partial charge in [0.05, 0.1) is 12.8 Å². The van der Waals surface area contributed by atoms with E-state index >= 15 is 0 Å². The number of hydrogen-bond donors (Lipinski definition) is 1. The number of nitriles is 1. The number of anilines is 1. The molecular weight excluding hydrogens is 370 g/mol. The van der Waals surface area contributed by atoms with Gasteiger partial charge in [-0.15, -0.1) is 0 Å². The third-order valence-corrected chi connectivity index (χ3v) is 3.71. The molecule has 2 aromatic rings. The van der Waals surface area contributed by atoms with Gasteiger partial charge < -0.3 is 14.2 Å². The number of nitrogens with one attached hydrogen (secondary N) is 1. The summed E-state index contributed by atoms with van der Waals surface area (Å²) in [6.07, 6.45) is 2.39. The molecule has 1 saturated carbocycles. The van der Waals surface area contributed by atoms with Crippen LogP contribution in [-0.2, 0) is 4.74 Å². The predicted octanol–water partition coefficient (Wildman–Crippen LogP) is 5.17. The molecule has 0 atom stereocenters. The van der Waals surface area contributed by atoms with E-state index in [2.05, 4.69) is 10.3 Å². The van der Waals surface area contributed by atoms with Crippen LogP contribution in [0, 0.1) is 11.3 Å². The minimum atomic E-state index is -0.674. The van der Waals surface area contributed by atoms with E-state index in [0.29, 0.717) is 23.7 Å². The summed E-state index contributed by atoms with van der Waals surface area (Å²) in [5, 5.41) is 11.7. The number of rotatable bonds is 6. The van der Waals surface area contributed by atoms with Crippen molar-refractivity contribution in [3.8, 4) is 17.6 Å². The predicted molar refractivity (Wildman–Crippen MR) is 112 cm³/mol. The highest BCUT2D eigenvalue weighted by Crippen LogP contribution is 2.41. The number of aromatic nitrogens is 1. The first kappa shape index (κ1) is 23.9. The SMILES string of the molecule is CC.CC.COCC1(Oc2cc(NC(=O)Oc3ccccc3)ncc2C#N)CC1. The molecule has 1 aliphatic carbocycles. The van der Waals surface area contributed by atoms with Crippen LogP contribution in [0.3, 0.4) is 0 Å². The summed E-state index contributed by atoms with van der Waals surface area (Å²) in [5.74, 6) is 1.02. The first-order valence-corrected chi connectivity index (χ1v) is 9.76. The fourth-order valence-corrected chi connectivity index (χ4v) is 2.31. The molecule has 156 valence electrons. The number of methoxy groups -OCH3 is 1. The Hall–Kier alpha value is -3.11. The number of carbonyl (C=O) groups excluding carboxylic acids is 1. The minimum Gasteiger partial charge on any atom is -0.483 e. The lowest BCUT2D eigenvalue weighted by Crippen LogP contribution is -2.25. The molecule has 3 rings (SSSR count). The average Bonchev–Trinajstić information content (AvgIpc) is 3.51. The maximum absolute atomic E-state index is 11.9. The smallest absolute Gasteiger partial charge is 0.418 e. The van der Waals surface area contributed by atoms with Crippen molar-refractivity contribution in [1.29, 1.82) is 5.26 Å². The highest BCUT2D eigenvalue weighted by Gasteiger charge is 2.46. The highest BCUT2D eigenvalue weighted by atomic mass is 16.6. The fourth-order valence-electron chi connectivity index (χ4n) is 2.31. The zero-order chi connectivity index (χ0) is 21.7. The van der Waals surface area contributed by atoms with E-state index in [4.69, 9.17) is 14.2 Å². The van der Waals surface area contributed by atoms with Crippen LogP contribution >= 0.6 is 0 Å². The van der Waals surface area contributed by atoms with Crippen LogP contribution in [0.5, 0.6) is 11.5 Å².